The Morgan fingerprint density at radius 3 is 2.35 bits per heavy atom. The molecule has 0 amide bonds. The van der Waals surface area contributed by atoms with E-state index in [-0.39, 0.29) is 0 Å². The van der Waals surface area contributed by atoms with Crippen molar-refractivity contribution in [3.8, 4) is 0 Å². The van der Waals surface area contributed by atoms with Gasteiger partial charge in [0, 0.05) is 50.8 Å². The lowest BCUT2D eigenvalue weighted by Gasteiger charge is -2.36. The molecule has 120 valence electrons. The van der Waals surface area contributed by atoms with Crippen molar-refractivity contribution in [3.63, 3.8) is 0 Å². The summed E-state index contributed by atoms with van der Waals surface area (Å²) >= 11 is 0. The summed E-state index contributed by atoms with van der Waals surface area (Å²) in [5.41, 5.74) is 0. The fourth-order valence-corrected chi connectivity index (χ4v) is 2.92. The molecule has 0 radical (unpaired) electrons. The van der Waals surface area contributed by atoms with Crippen LogP contribution in [0.2, 0.25) is 0 Å². The summed E-state index contributed by atoms with van der Waals surface area (Å²) in [5.74, 6) is 0. The van der Waals surface area contributed by atoms with E-state index in [0.29, 0.717) is 24.2 Å². The average molecular weight is 285 g/mol. The van der Waals surface area contributed by atoms with Crippen LogP contribution in [-0.2, 0) is 4.74 Å². The topological polar surface area (TPSA) is 27.7 Å². The second-order valence-corrected chi connectivity index (χ2v) is 6.71. The average Bonchev–Trinajstić information content (AvgIpc) is 2.37. The zero-order valence-corrected chi connectivity index (χ0v) is 14.4. The lowest BCUT2D eigenvalue weighted by atomic mass is 10.2. The maximum absolute atomic E-state index is 5.84. The molecule has 0 aromatic carbocycles. The highest BCUT2D eigenvalue weighted by molar-refractivity contribution is 4.76. The maximum Gasteiger partial charge on any atom is 0.0826 e. The first-order valence-electron chi connectivity index (χ1n) is 8.24. The van der Waals surface area contributed by atoms with Gasteiger partial charge in [0.05, 0.1) is 12.7 Å². The summed E-state index contributed by atoms with van der Waals surface area (Å²) in [7, 11) is 0. The van der Waals surface area contributed by atoms with Gasteiger partial charge in [-0.15, -0.1) is 0 Å². The third kappa shape index (κ3) is 6.08. The first kappa shape index (κ1) is 17.9. The lowest BCUT2D eigenvalue weighted by Crippen LogP contribution is -2.50. The molecule has 1 aliphatic heterocycles. The third-order valence-corrected chi connectivity index (χ3v) is 4.15. The predicted molar refractivity (Wildman–Crippen MR) is 86.3 cm³/mol. The molecule has 1 saturated heterocycles. The molecule has 1 heterocycles. The first-order chi connectivity index (χ1) is 9.41. The molecule has 4 nitrogen and oxygen atoms in total. The lowest BCUT2D eigenvalue weighted by molar-refractivity contribution is -0.0373. The summed E-state index contributed by atoms with van der Waals surface area (Å²) in [5, 5.41) is 3.56. The highest BCUT2D eigenvalue weighted by atomic mass is 16.5. The van der Waals surface area contributed by atoms with Gasteiger partial charge in [0.15, 0.2) is 0 Å². The molecule has 0 bridgehead atoms. The zero-order chi connectivity index (χ0) is 15.1. The van der Waals surface area contributed by atoms with Crippen molar-refractivity contribution in [3.05, 3.63) is 0 Å². The van der Waals surface area contributed by atoms with Crippen LogP contribution >= 0.6 is 0 Å². The number of morpholine rings is 1. The van der Waals surface area contributed by atoms with Crippen LogP contribution in [0.4, 0.5) is 0 Å². The van der Waals surface area contributed by atoms with Crippen LogP contribution in [0.5, 0.6) is 0 Å². The van der Waals surface area contributed by atoms with E-state index in [2.05, 4.69) is 56.7 Å². The molecular formula is C16H35N3O. The SMILES string of the molecule is CC(C)N1CCOC(CNCCN(C(C)C)C(C)C)C1. The Morgan fingerprint density at radius 1 is 1.15 bits per heavy atom. The van der Waals surface area contributed by atoms with E-state index < -0.39 is 0 Å². The molecule has 1 unspecified atom stereocenters. The standard InChI is InChI=1S/C16H35N3O/c1-13(2)18-9-10-20-16(12-18)11-17-7-8-19(14(3)4)15(5)6/h13-17H,7-12H2,1-6H3. The summed E-state index contributed by atoms with van der Waals surface area (Å²) in [6.45, 7) is 19.7. The van der Waals surface area contributed by atoms with Crippen LogP contribution in [0.1, 0.15) is 41.5 Å². The monoisotopic (exact) mass is 285 g/mol. The molecule has 0 spiro atoms. The van der Waals surface area contributed by atoms with E-state index in [9.17, 15) is 0 Å². The van der Waals surface area contributed by atoms with Crippen molar-refractivity contribution in [2.24, 2.45) is 0 Å². The molecule has 1 fully saturated rings. The van der Waals surface area contributed by atoms with Crippen LogP contribution < -0.4 is 5.32 Å². The summed E-state index contributed by atoms with van der Waals surface area (Å²) in [6, 6.07) is 1.84. The molecule has 1 atom stereocenters. The van der Waals surface area contributed by atoms with Gasteiger partial charge in [-0.2, -0.15) is 0 Å². The first-order valence-corrected chi connectivity index (χ1v) is 8.24. The molecule has 20 heavy (non-hydrogen) atoms. The van der Waals surface area contributed by atoms with Crippen molar-refractivity contribution in [1.82, 2.24) is 15.1 Å². The molecule has 1 N–H and O–H groups in total. The maximum atomic E-state index is 5.84. The van der Waals surface area contributed by atoms with Gasteiger partial charge in [-0.1, -0.05) is 0 Å². The second kappa shape index (κ2) is 8.98. The van der Waals surface area contributed by atoms with E-state index in [1.54, 1.807) is 0 Å². The fraction of sp³-hybridized carbons (Fsp3) is 1.00. The quantitative estimate of drug-likeness (QED) is 0.688. The van der Waals surface area contributed by atoms with Gasteiger partial charge in [-0.25, -0.2) is 0 Å². The Labute approximate surface area is 125 Å². The summed E-state index contributed by atoms with van der Waals surface area (Å²) in [4.78, 5) is 5.03. The smallest absolute Gasteiger partial charge is 0.0826 e. The van der Waals surface area contributed by atoms with Crippen molar-refractivity contribution < 1.29 is 4.74 Å². The zero-order valence-electron chi connectivity index (χ0n) is 14.4. The van der Waals surface area contributed by atoms with Gasteiger partial charge < -0.3 is 10.1 Å². The van der Waals surface area contributed by atoms with E-state index in [0.717, 1.165) is 39.3 Å². The Kier molecular flexibility index (Phi) is 8.03. The van der Waals surface area contributed by atoms with Crippen molar-refractivity contribution in [2.45, 2.75) is 65.8 Å². The number of nitrogens with one attached hydrogen (secondary N) is 1. The Bertz CT molecular complexity index is 248. The molecular weight excluding hydrogens is 250 g/mol. The number of hydrogen-bond acceptors (Lipinski definition) is 4. The number of rotatable bonds is 8. The minimum Gasteiger partial charge on any atom is -0.374 e. The Hall–Kier alpha value is -0.160. The van der Waals surface area contributed by atoms with Gasteiger partial charge in [0.2, 0.25) is 0 Å². The van der Waals surface area contributed by atoms with Gasteiger partial charge in [0.25, 0.3) is 0 Å². The van der Waals surface area contributed by atoms with Crippen molar-refractivity contribution >= 4 is 0 Å². The van der Waals surface area contributed by atoms with E-state index in [1.165, 1.54) is 0 Å². The minimum absolute atomic E-state index is 0.345. The number of nitrogens with zero attached hydrogens (tertiary/aromatic N) is 2. The molecule has 1 rings (SSSR count). The van der Waals surface area contributed by atoms with Crippen molar-refractivity contribution in [2.75, 3.05) is 39.3 Å². The molecule has 0 aromatic rings. The fourth-order valence-electron chi connectivity index (χ4n) is 2.92. The van der Waals surface area contributed by atoms with Crippen LogP contribution in [-0.4, -0.2) is 73.4 Å². The third-order valence-electron chi connectivity index (χ3n) is 4.15. The highest BCUT2D eigenvalue weighted by Crippen LogP contribution is 2.08. The van der Waals surface area contributed by atoms with E-state index in [4.69, 9.17) is 4.74 Å². The largest absolute Gasteiger partial charge is 0.374 e. The van der Waals surface area contributed by atoms with Gasteiger partial charge in [0.1, 0.15) is 0 Å². The molecule has 0 aliphatic carbocycles. The Morgan fingerprint density at radius 2 is 1.80 bits per heavy atom. The number of hydrogen-bond donors (Lipinski definition) is 1. The summed E-state index contributed by atoms with van der Waals surface area (Å²) < 4.78 is 5.84. The van der Waals surface area contributed by atoms with Crippen molar-refractivity contribution in [1.29, 1.82) is 0 Å². The number of ether oxygens (including phenoxy) is 1. The van der Waals surface area contributed by atoms with E-state index in [1.807, 2.05) is 0 Å². The molecule has 0 aromatic heterocycles. The molecule has 1 aliphatic rings. The van der Waals surface area contributed by atoms with Gasteiger partial charge >= 0.3 is 0 Å². The molecule has 0 saturated carbocycles. The van der Waals surface area contributed by atoms with Crippen LogP contribution in [0.15, 0.2) is 0 Å². The summed E-state index contributed by atoms with van der Waals surface area (Å²) in [6.07, 6.45) is 0.345. The van der Waals surface area contributed by atoms with Crippen LogP contribution in [0, 0.1) is 0 Å². The highest BCUT2D eigenvalue weighted by Gasteiger charge is 2.21. The van der Waals surface area contributed by atoms with E-state index >= 15 is 0 Å². The van der Waals surface area contributed by atoms with Gasteiger partial charge in [-0.3, -0.25) is 9.80 Å². The second-order valence-electron chi connectivity index (χ2n) is 6.71. The minimum atomic E-state index is 0.345. The normalized spacial score (nSPS) is 21.6. The predicted octanol–water partition coefficient (Wildman–Crippen LogP) is 1.80. The van der Waals surface area contributed by atoms with Gasteiger partial charge in [-0.05, 0) is 41.5 Å². The molecule has 4 heteroatoms. The Balaban J connectivity index is 2.20. The van der Waals surface area contributed by atoms with Crippen LogP contribution in [0.3, 0.4) is 0 Å². The van der Waals surface area contributed by atoms with Crippen LogP contribution in [0.25, 0.3) is 0 Å².